The van der Waals surface area contributed by atoms with E-state index in [9.17, 15) is 14.7 Å². The number of carbonyl (C=O) groups excluding carboxylic acids is 2. The number of likely N-dealkylation sites (tertiary alicyclic amines) is 1. The van der Waals surface area contributed by atoms with E-state index in [1.807, 2.05) is 0 Å². The topological polar surface area (TPSA) is 108 Å². The number of Topliss-reactive ketones (excluding diaryl/α,β-unsaturated/α-hetero) is 1. The van der Waals surface area contributed by atoms with Crippen LogP contribution < -0.4 is 18.9 Å². The third kappa shape index (κ3) is 4.28. The zero-order valence-electron chi connectivity index (χ0n) is 19.7. The van der Waals surface area contributed by atoms with Crippen molar-refractivity contribution in [3.05, 3.63) is 77.3 Å². The summed E-state index contributed by atoms with van der Waals surface area (Å²) in [5.74, 6) is 0.0743. The van der Waals surface area contributed by atoms with Gasteiger partial charge in [-0.2, -0.15) is 0 Å². The highest BCUT2D eigenvalue weighted by Crippen LogP contribution is 2.46. The van der Waals surface area contributed by atoms with Gasteiger partial charge >= 0.3 is 0 Å². The van der Waals surface area contributed by atoms with E-state index in [0.717, 1.165) is 0 Å². The van der Waals surface area contributed by atoms with Gasteiger partial charge in [-0.15, -0.1) is 0 Å². The van der Waals surface area contributed by atoms with E-state index in [1.54, 1.807) is 48.5 Å². The number of nitrogens with zero attached hydrogens (tertiary/aromatic N) is 1. The second-order valence-electron chi connectivity index (χ2n) is 7.70. The molecule has 1 aliphatic rings. The summed E-state index contributed by atoms with van der Waals surface area (Å²) in [7, 11) is 5.91. The largest absolute Gasteiger partial charge is 0.507 e. The molecular weight excluding hydrogens is 454 g/mol. The van der Waals surface area contributed by atoms with Crippen LogP contribution in [0.3, 0.4) is 0 Å². The van der Waals surface area contributed by atoms with Gasteiger partial charge in [0.05, 0.1) is 52.9 Å². The summed E-state index contributed by atoms with van der Waals surface area (Å²) >= 11 is 0. The number of aliphatic hydroxyl groups is 1. The number of carbonyl (C=O) groups is 2. The van der Waals surface area contributed by atoms with Crippen molar-refractivity contribution in [2.24, 2.45) is 0 Å². The zero-order chi connectivity index (χ0) is 25.1. The van der Waals surface area contributed by atoms with Gasteiger partial charge in [0.1, 0.15) is 17.3 Å². The highest BCUT2D eigenvalue weighted by atomic mass is 16.5. The monoisotopic (exact) mass is 479 g/mol. The highest BCUT2D eigenvalue weighted by Gasteiger charge is 2.47. The van der Waals surface area contributed by atoms with Gasteiger partial charge in [-0.1, -0.05) is 12.1 Å². The minimum atomic E-state index is -0.958. The number of amides is 1. The lowest BCUT2D eigenvalue weighted by molar-refractivity contribution is -0.140. The van der Waals surface area contributed by atoms with Crippen molar-refractivity contribution in [3.63, 3.8) is 0 Å². The molecular formula is C26H25NO8. The predicted octanol–water partition coefficient (Wildman–Crippen LogP) is 3.94. The Morgan fingerprint density at radius 1 is 0.943 bits per heavy atom. The molecule has 1 aromatic heterocycles. The molecule has 0 bridgehead atoms. The van der Waals surface area contributed by atoms with Crippen LogP contribution in [0.4, 0.5) is 0 Å². The van der Waals surface area contributed by atoms with E-state index in [4.69, 9.17) is 23.4 Å². The number of ether oxygens (including phenoxy) is 4. The van der Waals surface area contributed by atoms with Gasteiger partial charge in [0.25, 0.3) is 11.7 Å². The molecule has 1 unspecified atom stereocenters. The van der Waals surface area contributed by atoms with Gasteiger partial charge in [-0.3, -0.25) is 9.59 Å². The molecule has 0 saturated carbocycles. The molecule has 1 N–H and O–H groups in total. The van der Waals surface area contributed by atoms with Crippen molar-refractivity contribution < 1.29 is 38.1 Å². The molecule has 2 heterocycles. The summed E-state index contributed by atoms with van der Waals surface area (Å²) in [6.45, 7) is 0.00773. The lowest BCUT2D eigenvalue weighted by Gasteiger charge is -2.26. The fourth-order valence-corrected chi connectivity index (χ4v) is 4.15. The molecule has 1 atom stereocenters. The van der Waals surface area contributed by atoms with Gasteiger partial charge in [0, 0.05) is 5.56 Å². The van der Waals surface area contributed by atoms with Crippen LogP contribution in [0.15, 0.2) is 64.8 Å². The Balaban J connectivity index is 1.95. The lowest BCUT2D eigenvalue weighted by atomic mass is 9.94. The molecule has 1 amide bonds. The average Bonchev–Trinajstić information content (AvgIpc) is 3.49. The molecule has 1 aliphatic heterocycles. The standard InChI is InChI=1S/C26H25NO8/c1-31-17-8-5-7-15(11-17)23(28)21-22(16-12-19(32-2)25(34-4)20(13-16)33-3)27(26(30)24(21)29)14-18-9-6-10-35-18/h5-13,22,28H,14H2,1-4H3/b23-21+. The molecule has 4 rings (SSSR count). The Hall–Kier alpha value is -4.40. The summed E-state index contributed by atoms with van der Waals surface area (Å²) in [4.78, 5) is 27.8. The second kappa shape index (κ2) is 9.84. The number of hydrogen-bond acceptors (Lipinski definition) is 8. The van der Waals surface area contributed by atoms with E-state index in [2.05, 4.69) is 0 Å². The molecule has 0 radical (unpaired) electrons. The molecule has 1 saturated heterocycles. The van der Waals surface area contributed by atoms with Crippen molar-refractivity contribution in [1.82, 2.24) is 4.90 Å². The molecule has 2 aromatic carbocycles. The molecule has 35 heavy (non-hydrogen) atoms. The summed E-state index contributed by atoms with van der Waals surface area (Å²) in [6.07, 6.45) is 1.48. The number of methoxy groups -OCH3 is 4. The Kier molecular flexibility index (Phi) is 6.68. The third-order valence-electron chi connectivity index (χ3n) is 5.79. The molecule has 0 aliphatic carbocycles. The Labute approximate surface area is 202 Å². The summed E-state index contributed by atoms with van der Waals surface area (Å²) in [5.41, 5.74) is 0.733. The number of rotatable bonds is 8. The van der Waals surface area contributed by atoms with Crippen LogP contribution in [0.2, 0.25) is 0 Å². The van der Waals surface area contributed by atoms with Crippen molar-refractivity contribution >= 4 is 17.4 Å². The Morgan fingerprint density at radius 2 is 1.66 bits per heavy atom. The van der Waals surface area contributed by atoms with Gasteiger partial charge in [-0.25, -0.2) is 0 Å². The van der Waals surface area contributed by atoms with Crippen LogP contribution in [0.25, 0.3) is 5.76 Å². The van der Waals surface area contributed by atoms with Crippen LogP contribution in [0.5, 0.6) is 23.0 Å². The maximum Gasteiger partial charge on any atom is 0.296 e. The van der Waals surface area contributed by atoms with Crippen LogP contribution in [-0.4, -0.2) is 50.1 Å². The quantitative estimate of drug-likeness (QED) is 0.294. The molecule has 0 spiro atoms. The molecule has 9 heteroatoms. The minimum absolute atomic E-state index is 0.00773. The number of ketones is 1. The predicted molar refractivity (Wildman–Crippen MR) is 126 cm³/mol. The van der Waals surface area contributed by atoms with Crippen LogP contribution >= 0.6 is 0 Å². The van der Waals surface area contributed by atoms with E-state index in [-0.39, 0.29) is 17.9 Å². The fourth-order valence-electron chi connectivity index (χ4n) is 4.15. The van der Waals surface area contributed by atoms with Crippen molar-refractivity contribution in [3.8, 4) is 23.0 Å². The third-order valence-corrected chi connectivity index (χ3v) is 5.79. The first-order valence-corrected chi connectivity index (χ1v) is 10.7. The van der Waals surface area contributed by atoms with Crippen LogP contribution in [0.1, 0.15) is 22.9 Å². The summed E-state index contributed by atoms with van der Waals surface area (Å²) in [6, 6.07) is 12.3. The first-order valence-electron chi connectivity index (χ1n) is 10.7. The number of benzene rings is 2. The Bertz CT molecular complexity index is 1250. The van der Waals surface area contributed by atoms with Gasteiger partial charge < -0.3 is 33.4 Å². The summed E-state index contributed by atoms with van der Waals surface area (Å²) < 4.78 is 27.0. The number of hydrogen-bond donors (Lipinski definition) is 1. The van der Waals surface area contributed by atoms with Crippen LogP contribution in [0, 0.1) is 0 Å². The van der Waals surface area contributed by atoms with E-state index < -0.39 is 17.7 Å². The van der Waals surface area contributed by atoms with Crippen molar-refractivity contribution in [2.75, 3.05) is 28.4 Å². The smallest absolute Gasteiger partial charge is 0.296 e. The fraction of sp³-hybridized carbons (Fsp3) is 0.231. The number of furan rings is 1. The molecule has 9 nitrogen and oxygen atoms in total. The van der Waals surface area contributed by atoms with Crippen LogP contribution in [-0.2, 0) is 16.1 Å². The SMILES string of the molecule is COc1cccc(/C(O)=C2\C(=O)C(=O)N(Cc3ccco3)C2c2cc(OC)c(OC)c(OC)c2)c1. The number of aliphatic hydroxyl groups excluding tert-OH is 1. The molecule has 3 aromatic rings. The first kappa shape index (κ1) is 23.7. The average molecular weight is 479 g/mol. The Morgan fingerprint density at radius 3 is 2.23 bits per heavy atom. The molecule has 182 valence electrons. The summed E-state index contributed by atoms with van der Waals surface area (Å²) in [5, 5.41) is 11.3. The van der Waals surface area contributed by atoms with E-state index in [0.29, 0.717) is 39.9 Å². The minimum Gasteiger partial charge on any atom is -0.507 e. The van der Waals surface area contributed by atoms with E-state index in [1.165, 1.54) is 39.6 Å². The maximum atomic E-state index is 13.3. The lowest BCUT2D eigenvalue weighted by Crippen LogP contribution is -2.29. The van der Waals surface area contributed by atoms with Gasteiger partial charge in [0.2, 0.25) is 5.75 Å². The van der Waals surface area contributed by atoms with E-state index >= 15 is 0 Å². The zero-order valence-corrected chi connectivity index (χ0v) is 19.7. The van der Waals surface area contributed by atoms with Crippen molar-refractivity contribution in [2.45, 2.75) is 12.6 Å². The maximum absolute atomic E-state index is 13.3. The normalized spacial score (nSPS) is 16.9. The highest BCUT2D eigenvalue weighted by molar-refractivity contribution is 6.46. The molecule has 1 fully saturated rings. The van der Waals surface area contributed by atoms with Gasteiger partial charge in [0.15, 0.2) is 11.5 Å². The second-order valence-corrected chi connectivity index (χ2v) is 7.70. The first-order chi connectivity index (χ1) is 16.9. The van der Waals surface area contributed by atoms with Gasteiger partial charge in [-0.05, 0) is 42.0 Å². The van der Waals surface area contributed by atoms with Crippen molar-refractivity contribution in [1.29, 1.82) is 0 Å².